The minimum atomic E-state index is 0.0592. The van der Waals surface area contributed by atoms with Crippen molar-refractivity contribution in [2.24, 2.45) is 5.92 Å². The van der Waals surface area contributed by atoms with E-state index in [1.54, 1.807) is 0 Å². The maximum absolute atomic E-state index is 13.0. The lowest BCUT2D eigenvalue weighted by molar-refractivity contribution is 0.0746. The average molecular weight is 431 g/mol. The monoisotopic (exact) mass is 430 g/mol. The van der Waals surface area contributed by atoms with Crippen LogP contribution in [0, 0.1) is 12.8 Å². The predicted octanol–water partition coefficient (Wildman–Crippen LogP) is 4.45. The molecule has 6 nitrogen and oxygen atoms in total. The molecule has 1 aliphatic rings. The molecule has 0 saturated carbocycles. The molecule has 0 atom stereocenters. The second kappa shape index (κ2) is 9.81. The van der Waals surface area contributed by atoms with Crippen molar-refractivity contribution in [2.75, 3.05) is 37.7 Å². The third kappa shape index (κ3) is 5.25. The summed E-state index contributed by atoms with van der Waals surface area (Å²) >= 11 is 0. The minimum absolute atomic E-state index is 0.0592. The Labute approximate surface area is 189 Å². The number of ether oxygens (including phenoxy) is 1. The van der Waals surface area contributed by atoms with Gasteiger partial charge in [-0.2, -0.15) is 0 Å². The summed E-state index contributed by atoms with van der Waals surface area (Å²) in [6, 6.07) is 19.6. The van der Waals surface area contributed by atoms with Crippen LogP contribution in [-0.2, 0) is 0 Å². The molecule has 0 N–H and O–H groups in total. The number of piperazine rings is 1. The van der Waals surface area contributed by atoms with E-state index >= 15 is 0 Å². The van der Waals surface area contributed by atoms with E-state index in [9.17, 15) is 4.79 Å². The van der Waals surface area contributed by atoms with Crippen molar-refractivity contribution in [3.05, 3.63) is 72.1 Å². The number of nitrogens with zero attached hydrogens (tertiary/aromatic N) is 4. The Morgan fingerprint density at radius 2 is 1.66 bits per heavy atom. The lowest BCUT2D eigenvalue weighted by atomic mass is 10.1. The number of benzene rings is 2. The maximum atomic E-state index is 13.0. The van der Waals surface area contributed by atoms with Gasteiger partial charge >= 0.3 is 0 Å². The topological polar surface area (TPSA) is 58.6 Å². The van der Waals surface area contributed by atoms with Crippen LogP contribution in [0.5, 0.6) is 5.75 Å². The zero-order chi connectivity index (χ0) is 22.5. The fourth-order valence-corrected chi connectivity index (χ4v) is 3.75. The minimum Gasteiger partial charge on any atom is -0.493 e. The highest BCUT2D eigenvalue weighted by Gasteiger charge is 2.23. The number of aryl methyl sites for hydroxylation is 1. The normalized spacial score (nSPS) is 14.0. The Balaban J connectivity index is 1.39. The third-order valence-electron chi connectivity index (χ3n) is 5.47. The van der Waals surface area contributed by atoms with Crippen LogP contribution >= 0.6 is 0 Å². The standard InChI is InChI=1S/C26H30N4O2/c1-19(2)18-32-23-11-9-22(10-12-23)26(31)30-15-13-29(14-16-30)25-17-24(27-20(3)28-25)21-7-5-4-6-8-21/h4-12,17,19H,13-16,18H2,1-3H3. The van der Waals surface area contributed by atoms with Crippen LogP contribution < -0.4 is 9.64 Å². The molecule has 0 radical (unpaired) electrons. The summed E-state index contributed by atoms with van der Waals surface area (Å²) in [4.78, 5) is 26.3. The average Bonchev–Trinajstić information content (AvgIpc) is 2.83. The first kappa shape index (κ1) is 21.8. The van der Waals surface area contributed by atoms with Crippen LogP contribution in [0.15, 0.2) is 60.7 Å². The van der Waals surface area contributed by atoms with Gasteiger partial charge in [-0.3, -0.25) is 4.79 Å². The summed E-state index contributed by atoms with van der Waals surface area (Å²) in [7, 11) is 0. The fraction of sp³-hybridized carbons (Fsp3) is 0.346. The molecular weight excluding hydrogens is 400 g/mol. The van der Waals surface area contributed by atoms with Gasteiger partial charge in [-0.1, -0.05) is 44.2 Å². The number of rotatable bonds is 6. The number of anilines is 1. The Morgan fingerprint density at radius 3 is 2.31 bits per heavy atom. The molecule has 1 saturated heterocycles. The fourth-order valence-electron chi connectivity index (χ4n) is 3.75. The quantitative estimate of drug-likeness (QED) is 0.578. The van der Waals surface area contributed by atoms with Gasteiger partial charge in [0.2, 0.25) is 0 Å². The predicted molar refractivity (Wildman–Crippen MR) is 127 cm³/mol. The number of amides is 1. The Bertz CT molecular complexity index is 1040. The lowest BCUT2D eigenvalue weighted by Gasteiger charge is -2.35. The third-order valence-corrected chi connectivity index (χ3v) is 5.47. The molecule has 32 heavy (non-hydrogen) atoms. The van der Waals surface area contributed by atoms with E-state index in [1.807, 2.05) is 60.4 Å². The van der Waals surface area contributed by atoms with Crippen LogP contribution in [0.2, 0.25) is 0 Å². The van der Waals surface area contributed by atoms with Crippen molar-refractivity contribution < 1.29 is 9.53 Å². The number of hydrogen-bond donors (Lipinski definition) is 0. The van der Waals surface area contributed by atoms with E-state index in [-0.39, 0.29) is 5.91 Å². The molecule has 2 aromatic carbocycles. The molecule has 1 aromatic heterocycles. The summed E-state index contributed by atoms with van der Waals surface area (Å²) in [5.74, 6) is 2.99. The molecule has 0 spiro atoms. The molecule has 166 valence electrons. The van der Waals surface area contributed by atoms with Gasteiger partial charge in [0, 0.05) is 43.4 Å². The van der Waals surface area contributed by atoms with Crippen molar-refractivity contribution in [3.8, 4) is 17.0 Å². The van der Waals surface area contributed by atoms with Gasteiger partial charge in [-0.25, -0.2) is 9.97 Å². The highest BCUT2D eigenvalue weighted by atomic mass is 16.5. The van der Waals surface area contributed by atoms with Gasteiger partial charge in [0.15, 0.2) is 0 Å². The van der Waals surface area contributed by atoms with Crippen molar-refractivity contribution in [1.82, 2.24) is 14.9 Å². The summed E-state index contributed by atoms with van der Waals surface area (Å²) in [5.41, 5.74) is 2.69. The Kier molecular flexibility index (Phi) is 6.69. The highest BCUT2D eigenvalue weighted by Crippen LogP contribution is 2.23. The maximum Gasteiger partial charge on any atom is 0.253 e. The molecule has 3 aromatic rings. The van der Waals surface area contributed by atoms with Crippen molar-refractivity contribution >= 4 is 11.7 Å². The van der Waals surface area contributed by atoms with Gasteiger partial charge in [0.25, 0.3) is 5.91 Å². The molecule has 0 aliphatic carbocycles. The first-order valence-corrected chi connectivity index (χ1v) is 11.2. The van der Waals surface area contributed by atoms with Gasteiger partial charge in [0.05, 0.1) is 12.3 Å². The Hall–Kier alpha value is -3.41. The second-order valence-corrected chi connectivity index (χ2v) is 8.53. The van der Waals surface area contributed by atoms with E-state index in [1.165, 1.54) is 0 Å². The van der Waals surface area contributed by atoms with Crippen molar-refractivity contribution in [1.29, 1.82) is 0 Å². The zero-order valence-corrected chi connectivity index (χ0v) is 19.0. The first-order valence-electron chi connectivity index (χ1n) is 11.2. The number of hydrogen-bond acceptors (Lipinski definition) is 5. The number of carbonyl (C=O) groups is 1. The SMILES string of the molecule is Cc1nc(-c2ccccc2)cc(N2CCN(C(=O)c3ccc(OCC(C)C)cc3)CC2)n1. The first-order chi connectivity index (χ1) is 15.5. The van der Waals surface area contributed by atoms with E-state index < -0.39 is 0 Å². The molecule has 0 bridgehead atoms. The molecule has 1 aliphatic heterocycles. The van der Waals surface area contributed by atoms with Crippen LogP contribution in [0.25, 0.3) is 11.3 Å². The van der Waals surface area contributed by atoms with Crippen molar-refractivity contribution in [2.45, 2.75) is 20.8 Å². The summed E-state index contributed by atoms with van der Waals surface area (Å²) < 4.78 is 5.72. The van der Waals surface area contributed by atoms with Gasteiger partial charge in [-0.15, -0.1) is 0 Å². The van der Waals surface area contributed by atoms with Crippen molar-refractivity contribution in [3.63, 3.8) is 0 Å². The van der Waals surface area contributed by atoms with Gasteiger partial charge in [0.1, 0.15) is 17.4 Å². The largest absolute Gasteiger partial charge is 0.493 e. The second-order valence-electron chi connectivity index (χ2n) is 8.53. The smallest absolute Gasteiger partial charge is 0.253 e. The lowest BCUT2D eigenvalue weighted by Crippen LogP contribution is -2.49. The molecule has 1 amide bonds. The molecule has 0 unspecified atom stereocenters. The molecule has 1 fully saturated rings. The zero-order valence-electron chi connectivity index (χ0n) is 19.0. The van der Waals surface area contributed by atoms with Gasteiger partial charge in [-0.05, 0) is 37.1 Å². The molecular formula is C26H30N4O2. The molecule has 6 heteroatoms. The molecule has 4 rings (SSSR count). The molecule has 2 heterocycles. The van der Waals surface area contributed by atoms with E-state index in [0.717, 1.165) is 41.7 Å². The van der Waals surface area contributed by atoms with E-state index in [0.29, 0.717) is 31.2 Å². The summed E-state index contributed by atoms with van der Waals surface area (Å²) in [6.07, 6.45) is 0. The van der Waals surface area contributed by atoms with Crippen LogP contribution in [0.1, 0.15) is 30.0 Å². The highest BCUT2D eigenvalue weighted by molar-refractivity contribution is 5.94. The number of carbonyl (C=O) groups excluding carboxylic acids is 1. The van der Waals surface area contributed by atoms with Crippen LogP contribution in [-0.4, -0.2) is 53.6 Å². The Morgan fingerprint density at radius 1 is 0.969 bits per heavy atom. The number of aromatic nitrogens is 2. The van der Waals surface area contributed by atoms with Gasteiger partial charge < -0.3 is 14.5 Å². The van der Waals surface area contributed by atoms with Crippen LogP contribution in [0.3, 0.4) is 0 Å². The van der Waals surface area contributed by atoms with E-state index in [2.05, 4.69) is 40.8 Å². The van der Waals surface area contributed by atoms with E-state index in [4.69, 9.17) is 4.74 Å². The summed E-state index contributed by atoms with van der Waals surface area (Å²) in [5, 5.41) is 0. The van der Waals surface area contributed by atoms with Crippen LogP contribution in [0.4, 0.5) is 5.82 Å². The summed E-state index contributed by atoms with van der Waals surface area (Å²) in [6.45, 7) is 9.62.